The highest BCUT2D eigenvalue weighted by molar-refractivity contribution is 7.80. The third-order valence-electron chi connectivity index (χ3n) is 5.54. The minimum absolute atomic E-state index is 0.0226. The Balaban J connectivity index is 1.64. The van der Waals surface area contributed by atoms with Crippen LogP contribution in [0.5, 0.6) is 0 Å². The van der Waals surface area contributed by atoms with Crippen molar-refractivity contribution in [3.63, 3.8) is 0 Å². The zero-order chi connectivity index (χ0) is 19.3. The molecule has 0 radical (unpaired) electrons. The topological polar surface area (TPSA) is 51.5 Å². The van der Waals surface area contributed by atoms with E-state index in [4.69, 9.17) is 21.7 Å². The van der Waals surface area contributed by atoms with Crippen molar-refractivity contribution >= 4 is 17.3 Å². The van der Waals surface area contributed by atoms with E-state index in [2.05, 4.69) is 44.2 Å². The number of thiocarbonyl (C=S) groups is 1. The van der Waals surface area contributed by atoms with Crippen LogP contribution in [0.4, 0.5) is 0 Å². The summed E-state index contributed by atoms with van der Waals surface area (Å²) in [6, 6.07) is 10.5. The average Bonchev–Trinajstić information content (AvgIpc) is 3.45. The van der Waals surface area contributed by atoms with Gasteiger partial charge in [-0.2, -0.15) is 0 Å². The van der Waals surface area contributed by atoms with Gasteiger partial charge in [-0.3, -0.25) is 4.98 Å². The van der Waals surface area contributed by atoms with Crippen LogP contribution in [0, 0.1) is 0 Å². The van der Waals surface area contributed by atoms with Crippen molar-refractivity contribution < 1.29 is 9.47 Å². The first-order valence-corrected chi connectivity index (χ1v) is 10.4. The van der Waals surface area contributed by atoms with Gasteiger partial charge >= 0.3 is 0 Å². The lowest BCUT2D eigenvalue weighted by Crippen LogP contribution is -2.32. The minimum Gasteiger partial charge on any atom is -0.385 e. The molecule has 0 bridgehead atoms. The van der Waals surface area contributed by atoms with E-state index in [0.29, 0.717) is 6.10 Å². The highest BCUT2D eigenvalue weighted by Gasteiger charge is 2.41. The molecule has 0 saturated carbocycles. The Morgan fingerprint density at radius 1 is 1.32 bits per heavy atom. The van der Waals surface area contributed by atoms with Gasteiger partial charge in [0, 0.05) is 51.5 Å². The monoisotopic (exact) mass is 400 g/mol. The number of methoxy groups -OCH3 is 1. The van der Waals surface area contributed by atoms with E-state index in [9.17, 15) is 0 Å². The molecular weight excluding hydrogens is 372 g/mol. The van der Waals surface area contributed by atoms with Gasteiger partial charge in [-0.05, 0) is 55.7 Å². The third kappa shape index (κ3) is 4.06. The van der Waals surface area contributed by atoms with Crippen molar-refractivity contribution in [1.82, 2.24) is 19.8 Å². The maximum atomic E-state index is 5.88. The lowest BCUT2D eigenvalue weighted by Gasteiger charge is -2.29. The fourth-order valence-corrected chi connectivity index (χ4v) is 4.55. The lowest BCUT2D eigenvalue weighted by molar-refractivity contribution is 0.0952. The molecule has 0 spiro atoms. The van der Waals surface area contributed by atoms with Crippen LogP contribution in [0.1, 0.15) is 42.7 Å². The maximum Gasteiger partial charge on any atom is 0.170 e. The summed E-state index contributed by atoms with van der Waals surface area (Å²) in [5.41, 5.74) is 2.25. The summed E-state index contributed by atoms with van der Waals surface area (Å²) in [5.74, 6) is 0. The fraction of sp³-hybridized carbons (Fsp3) is 0.524. The van der Waals surface area contributed by atoms with Gasteiger partial charge in [0.05, 0.1) is 23.9 Å². The van der Waals surface area contributed by atoms with E-state index in [-0.39, 0.29) is 12.1 Å². The number of nitrogens with one attached hydrogen (secondary N) is 1. The number of aromatic nitrogens is 2. The second-order valence-corrected chi connectivity index (χ2v) is 7.77. The van der Waals surface area contributed by atoms with Crippen molar-refractivity contribution in [1.29, 1.82) is 0 Å². The molecule has 6 nitrogen and oxygen atoms in total. The number of ether oxygens (including phenoxy) is 2. The summed E-state index contributed by atoms with van der Waals surface area (Å²) in [5, 5.41) is 4.30. The van der Waals surface area contributed by atoms with E-state index in [1.165, 1.54) is 5.69 Å². The van der Waals surface area contributed by atoms with Crippen LogP contribution in [0.25, 0.3) is 0 Å². The van der Waals surface area contributed by atoms with Gasteiger partial charge in [0.1, 0.15) is 0 Å². The van der Waals surface area contributed by atoms with Gasteiger partial charge in [0.2, 0.25) is 0 Å². The molecule has 1 N–H and O–H groups in total. The van der Waals surface area contributed by atoms with Gasteiger partial charge in [-0.25, -0.2) is 0 Å². The molecular formula is C21H28N4O2S. The molecule has 3 atom stereocenters. The molecule has 0 aliphatic carbocycles. The number of pyridine rings is 1. The highest BCUT2D eigenvalue weighted by atomic mass is 32.1. The standard InChI is InChI=1S/C21H28N4O2S/c1-26-13-6-12-25-20(19(23-21(25)28)17-8-2-3-10-22-17)18-9-4-11-24(18)15-16-7-5-14-27-16/h2-4,8-11,16,19-20H,5-7,12-15H2,1H3,(H,23,28). The molecule has 150 valence electrons. The second kappa shape index (κ2) is 9.03. The largest absolute Gasteiger partial charge is 0.385 e. The normalized spacial score (nSPS) is 24.7. The van der Waals surface area contributed by atoms with E-state index in [1.54, 1.807) is 7.11 Å². The SMILES string of the molecule is COCCCN1C(=S)NC(c2ccccn2)C1c1cccn1CC1CCCO1. The Morgan fingerprint density at radius 3 is 3.00 bits per heavy atom. The summed E-state index contributed by atoms with van der Waals surface area (Å²) in [4.78, 5) is 6.90. The molecule has 2 aromatic rings. The Bertz CT molecular complexity index is 776. The van der Waals surface area contributed by atoms with Crippen LogP contribution in [0.3, 0.4) is 0 Å². The van der Waals surface area contributed by atoms with Crippen LogP contribution < -0.4 is 5.32 Å². The lowest BCUT2D eigenvalue weighted by atomic mass is 10.0. The molecule has 2 saturated heterocycles. The van der Waals surface area contributed by atoms with Crippen molar-refractivity contribution in [3.05, 3.63) is 54.1 Å². The van der Waals surface area contributed by atoms with E-state index >= 15 is 0 Å². The zero-order valence-corrected chi connectivity index (χ0v) is 17.1. The van der Waals surface area contributed by atoms with E-state index in [0.717, 1.165) is 56.4 Å². The van der Waals surface area contributed by atoms with Gasteiger partial charge in [-0.1, -0.05) is 6.07 Å². The average molecular weight is 401 g/mol. The van der Waals surface area contributed by atoms with Gasteiger partial charge < -0.3 is 24.3 Å². The zero-order valence-electron chi connectivity index (χ0n) is 16.3. The molecule has 7 heteroatoms. The first kappa shape index (κ1) is 19.4. The van der Waals surface area contributed by atoms with Crippen LogP contribution in [0.15, 0.2) is 42.7 Å². The number of nitrogens with zero attached hydrogens (tertiary/aromatic N) is 3. The third-order valence-corrected chi connectivity index (χ3v) is 5.89. The summed E-state index contributed by atoms with van der Waals surface area (Å²) in [6.45, 7) is 3.32. The van der Waals surface area contributed by atoms with Gasteiger partial charge in [-0.15, -0.1) is 0 Å². The number of rotatable bonds is 8. The molecule has 28 heavy (non-hydrogen) atoms. The molecule has 2 aliphatic rings. The first-order chi connectivity index (χ1) is 13.8. The Morgan fingerprint density at radius 2 is 2.25 bits per heavy atom. The Kier molecular flexibility index (Phi) is 6.24. The molecule has 0 amide bonds. The quantitative estimate of drug-likeness (QED) is 0.543. The van der Waals surface area contributed by atoms with Crippen LogP contribution in [-0.2, 0) is 16.0 Å². The maximum absolute atomic E-state index is 5.88. The highest BCUT2D eigenvalue weighted by Crippen LogP contribution is 2.39. The molecule has 4 heterocycles. The summed E-state index contributed by atoms with van der Waals surface area (Å²) in [6.07, 6.45) is 7.49. The molecule has 2 aliphatic heterocycles. The fourth-order valence-electron chi connectivity index (χ4n) is 4.22. The van der Waals surface area contributed by atoms with Crippen LogP contribution in [0.2, 0.25) is 0 Å². The van der Waals surface area contributed by atoms with Crippen molar-refractivity contribution in [3.8, 4) is 0 Å². The first-order valence-electron chi connectivity index (χ1n) is 10.0. The molecule has 2 fully saturated rings. The molecule has 0 aromatic carbocycles. The predicted octanol–water partition coefficient (Wildman–Crippen LogP) is 3.07. The minimum atomic E-state index is 0.0226. The molecule has 2 aromatic heterocycles. The summed E-state index contributed by atoms with van der Waals surface area (Å²) >= 11 is 5.72. The molecule has 3 unspecified atom stereocenters. The molecule has 4 rings (SSSR count). The second-order valence-electron chi connectivity index (χ2n) is 7.39. The van der Waals surface area contributed by atoms with Crippen molar-refractivity contribution in [2.45, 2.75) is 44.0 Å². The predicted molar refractivity (Wildman–Crippen MR) is 112 cm³/mol. The number of hydrogen-bond acceptors (Lipinski definition) is 4. The smallest absolute Gasteiger partial charge is 0.170 e. The van der Waals surface area contributed by atoms with Crippen molar-refractivity contribution in [2.24, 2.45) is 0 Å². The summed E-state index contributed by atoms with van der Waals surface area (Å²) < 4.78 is 13.5. The van der Waals surface area contributed by atoms with Gasteiger partial charge in [0.25, 0.3) is 0 Å². The van der Waals surface area contributed by atoms with Crippen LogP contribution >= 0.6 is 12.2 Å². The Hall–Kier alpha value is -1.96. The van der Waals surface area contributed by atoms with Gasteiger partial charge in [0.15, 0.2) is 5.11 Å². The van der Waals surface area contributed by atoms with E-state index in [1.807, 2.05) is 18.3 Å². The van der Waals surface area contributed by atoms with Crippen molar-refractivity contribution in [2.75, 3.05) is 26.9 Å². The van der Waals surface area contributed by atoms with E-state index < -0.39 is 0 Å². The summed E-state index contributed by atoms with van der Waals surface area (Å²) in [7, 11) is 1.74. The van der Waals surface area contributed by atoms with Crippen LogP contribution in [-0.4, -0.2) is 52.5 Å². The number of hydrogen-bond donors (Lipinski definition) is 1. The Labute approximate surface area is 171 Å².